The number of phenolic OH excluding ortho intramolecular Hbond substituents is 1. The third kappa shape index (κ3) is 5.65. The fourth-order valence-corrected chi connectivity index (χ4v) is 2.17. The molecule has 0 heterocycles. The zero-order chi connectivity index (χ0) is 18.2. The molecule has 0 fully saturated rings. The lowest BCUT2D eigenvalue weighted by Gasteiger charge is -2.15. The molecule has 0 aliphatic rings. The number of nitrogens with one attached hydrogen (secondary N) is 2. The van der Waals surface area contributed by atoms with Gasteiger partial charge in [-0.1, -0.05) is 30.3 Å². The maximum atomic E-state index is 11.9. The van der Waals surface area contributed by atoms with Gasteiger partial charge in [-0.2, -0.15) is 0 Å². The summed E-state index contributed by atoms with van der Waals surface area (Å²) in [7, 11) is 0. The minimum Gasteiger partial charge on any atom is -0.508 e. The molecule has 0 aliphatic heterocycles. The molecule has 2 amide bonds. The minimum atomic E-state index is -1.15. The first-order valence-corrected chi connectivity index (χ1v) is 7.59. The van der Waals surface area contributed by atoms with Crippen LogP contribution in [-0.2, 0) is 16.0 Å². The van der Waals surface area contributed by atoms with Gasteiger partial charge in [0.25, 0.3) is 5.91 Å². The van der Waals surface area contributed by atoms with Crippen LogP contribution in [0.25, 0.3) is 0 Å². The van der Waals surface area contributed by atoms with E-state index in [1.54, 1.807) is 24.3 Å². The largest absolute Gasteiger partial charge is 0.508 e. The van der Waals surface area contributed by atoms with Crippen LogP contribution in [0.3, 0.4) is 0 Å². The van der Waals surface area contributed by atoms with Gasteiger partial charge >= 0.3 is 5.97 Å². The number of aromatic hydroxyl groups is 1. The van der Waals surface area contributed by atoms with E-state index in [0.717, 1.165) is 5.56 Å². The molecular formula is C18H18N2O5. The summed E-state index contributed by atoms with van der Waals surface area (Å²) in [5, 5.41) is 23.2. The number of aliphatic carboxylic acids is 1. The molecule has 25 heavy (non-hydrogen) atoms. The molecular weight excluding hydrogens is 324 g/mol. The van der Waals surface area contributed by atoms with Crippen LogP contribution in [0.2, 0.25) is 0 Å². The Morgan fingerprint density at radius 2 is 1.60 bits per heavy atom. The standard InChI is InChI=1S/C18H18N2O5/c21-14-8-6-13(7-9-14)17(23)19-11-16(22)20-15(18(24)25)10-12-4-2-1-3-5-12/h1-9,15,21H,10-11H2,(H,19,23)(H,20,22)(H,24,25)/t15-/m0/s1. The molecule has 7 heteroatoms. The number of rotatable bonds is 7. The number of carbonyl (C=O) groups excluding carboxylic acids is 2. The molecule has 0 radical (unpaired) electrons. The lowest BCUT2D eigenvalue weighted by molar-refractivity contribution is -0.141. The highest BCUT2D eigenvalue weighted by molar-refractivity contribution is 5.97. The molecule has 0 unspecified atom stereocenters. The van der Waals surface area contributed by atoms with Crippen molar-refractivity contribution < 1.29 is 24.6 Å². The molecule has 7 nitrogen and oxygen atoms in total. The molecule has 0 aliphatic carbocycles. The van der Waals surface area contributed by atoms with E-state index in [9.17, 15) is 24.6 Å². The summed E-state index contributed by atoms with van der Waals surface area (Å²) in [6.07, 6.45) is 0.147. The molecule has 0 bridgehead atoms. The summed E-state index contributed by atoms with van der Waals surface area (Å²) in [6.45, 7) is -0.349. The second-order valence-corrected chi connectivity index (χ2v) is 5.38. The number of hydrogen-bond donors (Lipinski definition) is 4. The zero-order valence-corrected chi connectivity index (χ0v) is 13.3. The van der Waals surface area contributed by atoms with E-state index in [-0.39, 0.29) is 24.3 Å². The van der Waals surface area contributed by atoms with Gasteiger partial charge in [0.15, 0.2) is 0 Å². The van der Waals surface area contributed by atoms with Crippen LogP contribution >= 0.6 is 0 Å². The van der Waals surface area contributed by atoms with Crippen molar-refractivity contribution in [2.24, 2.45) is 0 Å². The van der Waals surface area contributed by atoms with Gasteiger partial charge in [-0.15, -0.1) is 0 Å². The Hall–Kier alpha value is -3.35. The highest BCUT2D eigenvalue weighted by Crippen LogP contribution is 2.09. The Morgan fingerprint density at radius 1 is 0.960 bits per heavy atom. The smallest absolute Gasteiger partial charge is 0.326 e. The first kappa shape index (κ1) is 18.0. The summed E-state index contributed by atoms with van der Waals surface area (Å²) < 4.78 is 0. The second-order valence-electron chi connectivity index (χ2n) is 5.38. The summed E-state index contributed by atoms with van der Waals surface area (Å²) in [5.74, 6) is -2.22. The predicted octanol–water partition coefficient (Wildman–Crippen LogP) is 0.934. The average molecular weight is 342 g/mol. The van der Waals surface area contributed by atoms with Crippen LogP contribution < -0.4 is 10.6 Å². The zero-order valence-electron chi connectivity index (χ0n) is 13.3. The summed E-state index contributed by atoms with van der Waals surface area (Å²) >= 11 is 0. The molecule has 2 aromatic rings. The van der Waals surface area contributed by atoms with Crippen LogP contribution in [-0.4, -0.2) is 40.6 Å². The topological polar surface area (TPSA) is 116 Å². The van der Waals surface area contributed by atoms with E-state index < -0.39 is 23.8 Å². The Balaban J connectivity index is 1.87. The van der Waals surface area contributed by atoms with Crippen molar-refractivity contribution in [1.82, 2.24) is 10.6 Å². The highest BCUT2D eigenvalue weighted by atomic mass is 16.4. The van der Waals surface area contributed by atoms with Crippen molar-refractivity contribution in [2.75, 3.05) is 6.54 Å². The van der Waals surface area contributed by atoms with E-state index in [1.165, 1.54) is 24.3 Å². The predicted molar refractivity (Wildman–Crippen MR) is 90.2 cm³/mol. The Labute approximate surface area is 144 Å². The summed E-state index contributed by atoms with van der Waals surface area (Å²) in [4.78, 5) is 35.1. The maximum Gasteiger partial charge on any atom is 0.326 e. The van der Waals surface area contributed by atoms with Crippen molar-refractivity contribution >= 4 is 17.8 Å². The third-order valence-corrected chi connectivity index (χ3v) is 3.45. The molecule has 1 atom stereocenters. The molecule has 0 saturated heterocycles. The summed E-state index contributed by atoms with van der Waals surface area (Å²) in [6, 6.07) is 13.4. The second kappa shape index (κ2) is 8.49. The van der Waals surface area contributed by atoms with Crippen molar-refractivity contribution in [1.29, 1.82) is 0 Å². The Bertz CT molecular complexity index is 744. The SMILES string of the molecule is O=C(CNC(=O)c1ccc(O)cc1)N[C@@H](Cc1ccccc1)C(=O)O. The van der Waals surface area contributed by atoms with Gasteiger partial charge in [0.1, 0.15) is 11.8 Å². The Kier molecular flexibility index (Phi) is 6.11. The quantitative estimate of drug-likeness (QED) is 0.597. The van der Waals surface area contributed by atoms with Gasteiger partial charge < -0.3 is 20.8 Å². The van der Waals surface area contributed by atoms with E-state index in [1.807, 2.05) is 6.07 Å². The fraction of sp³-hybridized carbons (Fsp3) is 0.167. The fourth-order valence-electron chi connectivity index (χ4n) is 2.17. The van der Waals surface area contributed by atoms with Crippen LogP contribution in [0.5, 0.6) is 5.75 Å². The van der Waals surface area contributed by atoms with Crippen molar-refractivity contribution in [3.63, 3.8) is 0 Å². The van der Waals surface area contributed by atoms with Gasteiger partial charge in [0.05, 0.1) is 6.54 Å². The van der Waals surface area contributed by atoms with Crippen LogP contribution in [0.4, 0.5) is 0 Å². The van der Waals surface area contributed by atoms with Crippen LogP contribution in [0.1, 0.15) is 15.9 Å². The van der Waals surface area contributed by atoms with E-state index in [2.05, 4.69) is 10.6 Å². The number of benzene rings is 2. The van der Waals surface area contributed by atoms with Crippen molar-refractivity contribution in [2.45, 2.75) is 12.5 Å². The normalized spacial score (nSPS) is 11.4. The van der Waals surface area contributed by atoms with E-state index >= 15 is 0 Å². The molecule has 2 rings (SSSR count). The number of hydrogen-bond acceptors (Lipinski definition) is 4. The van der Waals surface area contributed by atoms with Gasteiger partial charge in [0.2, 0.25) is 5.91 Å². The number of carbonyl (C=O) groups is 3. The van der Waals surface area contributed by atoms with E-state index in [0.29, 0.717) is 0 Å². The average Bonchev–Trinajstić information content (AvgIpc) is 2.60. The Morgan fingerprint density at radius 3 is 2.20 bits per heavy atom. The molecule has 130 valence electrons. The van der Waals surface area contributed by atoms with E-state index in [4.69, 9.17) is 0 Å². The molecule has 0 saturated carbocycles. The van der Waals surface area contributed by atoms with Crippen molar-refractivity contribution in [3.05, 3.63) is 65.7 Å². The number of amides is 2. The van der Waals surface area contributed by atoms with Crippen LogP contribution in [0.15, 0.2) is 54.6 Å². The number of carboxylic acids is 1. The van der Waals surface area contributed by atoms with Gasteiger partial charge in [-0.05, 0) is 29.8 Å². The van der Waals surface area contributed by atoms with Crippen molar-refractivity contribution in [3.8, 4) is 5.75 Å². The molecule has 0 spiro atoms. The molecule has 0 aromatic heterocycles. The number of carboxylic acid groups (broad SMARTS) is 1. The van der Waals surface area contributed by atoms with Crippen LogP contribution in [0, 0.1) is 0 Å². The first-order valence-electron chi connectivity index (χ1n) is 7.59. The van der Waals surface area contributed by atoms with Gasteiger partial charge in [-0.25, -0.2) is 4.79 Å². The van der Waals surface area contributed by atoms with Gasteiger partial charge in [-0.3, -0.25) is 9.59 Å². The molecule has 2 aromatic carbocycles. The third-order valence-electron chi connectivity index (χ3n) is 3.45. The monoisotopic (exact) mass is 342 g/mol. The highest BCUT2D eigenvalue weighted by Gasteiger charge is 2.20. The molecule has 4 N–H and O–H groups in total. The summed E-state index contributed by atoms with van der Waals surface area (Å²) in [5.41, 5.74) is 1.06. The lowest BCUT2D eigenvalue weighted by atomic mass is 10.1. The van der Waals surface area contributed by atoms with Gasteiger partial charge in [0, 0.05) is 12.0 Å². The minimum absolute atomic E-state index is 0.0273. The first-order chi connectivity index (χ1) is 12.0. The lowest BCUT2D eigenvalue weighted by Crippen LogP contribution is -2.46. The number of phenols is 1. The maximum absolute atomic E-state index is 11.9.